The van der Waals surface area contributed by atoms with Gasteiger partial charge in [-0.1, -0.05) is 37.7 Å². The van der Waals surface area contributed by atoms with E-state index in [0.717, 1.165) is 64.6 Å². The summed E-state index contributed by atoms with van der Waals surface area (Å²) in [6.07, 6.45) is 6.96. The minimum Gasteiger partial charge on any atom is -0.458 e. The van der Waals surface area contributed by atoms with Crippen molar-refractivity contribution in [3.8, 4) is 11.8 Å². The van der Waals surface area contributed by atoms with Crippen LogP contribution < -0.4 is 0 Å². The molecule has 1 N–H and O–H groups in total. The van der Waals surface area contributed by atoms with Crippen LogP contribution in [0.3, 0.4) is 0 Å². The van der Waals surface area contributed by atoms with Gasteiger partial charge < -0.3 is 9.84 Å². The number of allylic oxidation sites excluding steroid dienone is 1. The molecule has 3 aliphatic heterocycles. The predicted molar refractivity (Wildman–Crippen MR) is 93.2 cm³/mol. The summed E-state index contributed by atoms with van der Waals surface area (Å²) in [6, 6.07) is 0. The number of ether oxygens (including phenoxy) is 1. The Morgan fingerprint density at radius 2 is 1.88 bits per heavy atom. The summed E-state index contributed by atoms with van der Waals surface area (Å²) in [6.45, 7) is 8.54. The summed E-state index contributed by atoms with van der Waals surface area (Å²) in [5.41, 5.74) is -1.04. The Morgan fingerprint density at radius 1 is 1.21 bits per heavy atom. The van der Waals surface area contributed by atoms with Crippen LogP contribution in [0.1, 0.15) is 51.9 Å². The number of esters is 1. The van der Waals surface area contributed by atoms with Crippen LogP contribution in [0.25, 0.3) is 0 Å². The number of aliphatic hydroxyl groups is 1. The van der Waals surface area contributed by atoms with E-state index in [-0.39, 0.29) is 12.0 Å². The van der Waals surface area contributed by atoms with Gasteiger partial charge in [0.15, 0.2) is 0 Å². The number of hydrogen-bond donors (Lipinski definition) is 1. The van der Waals surface area contributed by atoms with Gasteiger partial charge in [-0.25, -0.2) is 4.79 Å². The normalized spacial score (nSPS) is 32.3. The zero-order chi connectivity index (χ0) is 17.2. The number of rotatable bonds is 3. The molecule has 2 bridgehead atoms. The van der Waals surface area contributed by atoms with E-state index in [0.29, 0.717) is 11.5 Å². The first-order chi connectivity index (χ1) is 11.5. The van der Waals surface area contributed by atoms with Gasteiger partial charge in [0.25, 0.3) is 0 Å². The van der Waals surface area contributed by atoms with Crippen molar-refractivity contribution in [2.75, 3.05) is 19.6 Å². The molecule has 4 fully saturated rings. The zero-order valence-corrected chi connectivity index (χ0v) is 14.7. The first-order valence-electron chi connectivity index (χ1n) is 9.33. The largest absolute Gasteiger partial charge is 0.458 e. The first-order valence-corrected chi connectivity index (χ1v) is 9.33. The molecule has 0 amide bonds. The lowest BCUT2D eigenvalue weighted by Gasteiger charge is -2.45. The Labute approximate surface area is 145 Å². The lowest BCUT2D eigenvalue weighted by Crippen LogP contribution is -2.55. The van der Waals surface area contributed by atoms with Gasteiger partial charge in [-0.3, -0.25) is 4.90 Å². The van der Waals surface area contributed by atoms with Crippen LogP contribution >= 0.6 is 0 Å². The number of fused-ring (bicyclic) bond motifs is 3. The Hall–Kier alpha value is -1.31. The number of carbonyl (C=O) groups excluding carboxylic acids is 1. The van der Waals surface area contributed by atoms with Crippen molar-refractivity contribution in [3.63, 3.8) is 0 Å². The molecule has 4 heteroatoms. The predicted octanol–water partition coefficient (Wildman–Crippen LogP) is 2.51. The molecule has 0 aromatic carbocycles. The number of carbonyl (C=O) groups is 1. The van der Waals surface area contributed by atoms with Crippen molar-refractivity contribution >= 4 is 5.97 Å². The monoisotopic (exact) mass is 331 g/mol. The van der Waals surface area contributed by atoms with E-state index in [1.807, 2.05) is 0 Å². The molecule has 3 heterocycles. The van der Waals surface area contributed by atoms with Crippen molar-refractivity contribution in [2.24, 2.45) is 11.8 Å². The quantitative estimate of drug-likeness (QED) is 0.638. The summed E-state index contributed by atoms with van der Waals surface area (Å²) in [4.78, 5) is 15.2. The maximum absolute atomic E-state index is 12.9. The number of hydrogen-bond acceptors (Lipinski definition) is 4. The molecule has 0 aromatic heterocycles. The van der Waals surface area contributed by atoms with Crippen LogP contribution in [0.2, 0.25) is 0 Å². The number of piperidine rings is 3. The summed E-state index contributed by atoms with van der Waals surface area (Å²) in [5, 5.41) is 11.2. The minimum atomic E-state index is -1.69. The molecule has 4 nitrogen and oxygen atoms in total. The molecular formula is C20H29NO3. The van der Waals surface area contributed by atoms with E-state index in [2.05, 4.69) is 23.3 Å². The molecular weight excluding hydrogens is 302 g/mol. The average molecular weight is 331 g/mol. The highest BCUT2D eigenvalue weighted by Crippen LogP contribution is 2.36. The third-order valence-electron chi connectivity index (χ3n) is 5.83. The van der Waals surface area contributed by atoms with E-state index < -0.39 is 11.6 Å². The highest BCUT2D eigenvalue weighted by Gasteiger charge is 2.47. The molecule has 1 aliphatic carbocycles. The zero-order valence-electron chi connectivity index (χ0n) is 14.7. The second-order valence-corrected chi connectivity index (χ2v) is 7.71. The van der Waals surface area contributed by atoms with Gasteiger partial charge in [-0.05, 0) is 57.2 Å². The minimum absolute atomic E-state index is 0.0956. The molecule has 0 unspecified atom stereocenters. The van der Waals surface area contributed by atoms with E-state index in [1.165, 1.54) is 0 Å². The van der Waals surface area contributed by atoms with Crippen LogP contribution in [0.4, 0.5) is 0 Å². The van der Waals surface area contributed by atoms with E-state index in [9.17, 15) is 9.90 Å². The van der Waals surface area contributed by atoms with Crippen LogP contribution in [0.5, 0.6) is 0 Å². The Bertz CT molecular complexity index is 547. The summed E-state index contributed by atoms with van der Waals surface area (Å²) in [7, 11) is 0. The van der Waals surface area contributed by atoms with Crippen LogP contribution in [0.15, 0.2) is 12.2 Å². The fourth-order valence-corrected chi connectivity index (χ4v) is 4.31. The smallest absolute Gasteiger partial charge is 0.351 e. The molecule has 132 valence electrons. The second kappa shape index (κ2) is 7.29. The molecule has 0 radical (unpaired) electrons. The van der Waals surface area contributed by atoms with E-state index in [4.69, 9.17) is 4.74 Å². The van der Waals surface area contributed by atoms with Crippen molar-refractivity contribution in [3.05, 3.63) is 12.2 Å². The first kappa shape index (κ1) is 17.5. The Kier molecular flexibility index (Phi) is 5.32. The van der Waals surface area contributed by atoms with Gasteiger partial charge in [0.2, 0.25) is 5.60 Å². The Morgan fingerprint density at radius 3 is 2.42 bits per heavy atom. The van der Waals surface area contributed by atoms with Crippen LogP contribution in [-0.4, -0.2) is 47.3 Å². The van der Waals surface area contributed by atoms with E-state index >= 15 is 0 Å². The maximum Gasteiger partial charge on any atom is 0.351 e. The molecule has 24 heavy (non-hydrogen) atoms. The standard InChI is InChI=1S/C20H29NO3/c1-15(2)8-11-20(23,17-6-4-3-5-7-17)19(22)24-18-14-21-12-9-16(18)10-13-21/h16-18,23H,1,3-7,9-10,12-14H2,2H3/t18-,20-/m1/s1. The third-order valence-corrected chi connectivity index (χ3v) is 5.83. The third kappa shape index (κ3) is 3.68. The summed E-state index contributed by atoms with van der Waals surface area (Å²) < 4.78 is 5.81. The van der Waals surface area contributed by atoms with Gasteiger partial charge in [-0.15, -0.1) is 0 Å². The van der Waals surface area contributed by atoms with Gasteiger partial charge >= 0.3 is 5.97 Å². The van der Waals surface area contributed by atoms with Gasteiger partial charge in [0.05, 0.1) is 0 Å². The molecule has 4 aliphatic rings. The molecule has 4 rings (SSSR count). The van der Waals surface area contributed by atoms with Gasteiger partial charge in [-0.2, -0.15) is 0 Å². The van der Waals surface area contributed by atoms with Gasteiger partial charge in [0.1, 0.15) is 6.10 Å². The number of nitrogens with zero attached hydrogens (tertiary/aromatic N) is 1. The average Bonchev–Trinajstić information content (AvgIpc) is 2.61. The topological polar surface area (TPSA) is 49.8 Å². The Balaban J connectivity index is 1.75. The fraction of sp³-hybridized carbons (Fsp3) is 0.750. The lowest BCUT2D eigenvalue weighted by molar-refractivity contribution is -0.180. The second-order valence-electron chi connectivity index (χ2n) is 7.71. The highest BCUT2D eigenvalue weighted by atomic mass is 16.6. The molecule has 2 atom stereocenters. The van der Waals surface area contributed by atoms with Crippen LogP contribution in [0, 0.1) is 23.7 Å². The summed E-state index contributed by atoms with van der Waals surface area (Å²) >= 11 is 0. The van der Waals surface area contributed by atoms with Crippen molar-refractivity contribution in [1.82, 2.24) is 4.90 Å². The SMILES string of the molecule is C=C(C)C#C[C@](O)(C(=O)O[C@@H]1CN2CCC1CC2)C1CCCCC1. The summed E-state index contributed by atoms with van der Waals surface area (Å²) in [5.74, 6) is 5.41. The molecule has 0 spiro atoms. The maximum atomic E-state index is 12.9. The lowest BCUT2D eigenvalue weighted by atomic mass is 9.77. The van der Waals surface area contributed by atoms with E-state index in [1.54, 1.807) is 6.92 Å². The van der Waals surface area contributed by atoms with Crippen LogP contribution in [-0.2, 0) is 9.53 Å². The van der Waals surface area contributed by atoms with Crippen molar-refractivity contribution in [2.45, 2.75) is 63.6 Å². The fourth-order valence-electron chi connectivity index (χ4n) is 4.31. The van der Waals surface area contributed by atoms with Crippen molar-refractivity contribution in [1.29, 1.82) is 0 Å². The molecule has 1 saturated carbocycles. The van der Waals surface area contributed by atoms with Gasteiger partial charge in [0, 0.05) is 12.5 Å². The van der Waals surface area contributed by atoms with Crippen molar-refractivity contribution < 1.29 is 14.6 Å². The molecule has 3 saturated heterocycles. The molecule has 0 aromatic rings. The highest BCUT2D eigenvalue weighted by molar-refractivity contribution is 5.84.